The first-order valence-corrected chi connectivity index (χ1v) is 10.2. The third-order valence-electron chi connectivity index (χ3n) is 3.47. The van der Waals surface area contributed by atoms with Gasteiger partial charge >= 0.3 is 0 Å². The molecule has 0 unspecified atom stereocenters. The largest absolute Gasteiger partial charge is 0.316 e. The van der Waals surface area contributed by atoms with Crippen LogP contribution in [0.1, 0.15) is 31.7 Å². The van der Waals surface area contributed by atoms with Gasteiger partial charge in [-0.25, -0.2) is 22.0 Å². The molecule has 1 aromatic rings. The molecule has 0 bridgehead atoms. The van der Waals surface area contributed by atoms with Crippen molar-refractivity contribution < 1.29 is 16.8 Å². The van der Waals surface area contributed by atoms with Crippen LogP contribution in [0, 0.1) is 0 Å². The van der Waals surface area contributed by atoms with Crippen LogP contribution < -0.4 is 10.5 Å². The van der Waals surface area contributed by atoms with Gasteiger partial charge in [0, 0.05) is 6.54 Å². The first-order chi connectivity index (χ1) is 9.17. The summed E-state index contributed by atoms with van der Waals surface area (Å²) in [4.78, 5) is 0. The minimum atomic E-state index is -3.87. The number of thiophene rings is 1. The van der Waals surface area contributed by atoms with E-state index in [1.807, 2.05) is 6.92 Å². The second kappa shape index (κ2) is 5.38. The van der Waals surface area contributed by atoms with E-state index >= 15 is 0 Å². The van der Waals surface area contributed by atoms with Gasteiger partial charge in [-0.05, 0) is 37.4 Å². The van der Waals surface area contributed by atoms with Gasteiger partial charge in [-0.3, -0.25) is 0 Å². The normalized spacial score (nSPS) is 25.4. The van der Waals surface area contributed by atoms with Crippen molar-refractivity contribution in [1.82, 2.24) is 5.32 Å². The molecule has 0 saturated carbocycles. The minimum absolute atomic E-state index is 0.00442. The number of hydrogen-bond donors (Lipinski definition) is 2. The molecule has 0 aromatic carbocycles. The fraction of sp³-hybridized carbons (Fsp3) is 0.636. The van der Waals surface area contributed by atoms with Crippen molar-refractivity contribution in [2.75, 3.05) is 13.1 Å². The number of likely N-dealkylation sites (N-methyl/N-ethyl adjacent to an activating group) is 1. The van der Waals surface area contributed by atoms with Gasteiger partial charge in [0.25, 0.3) is 0 Å². The Bertz CT molecular complexity index is 706. The highest BCUT2D eigenvalue weighted by molar-refractivity contribution is 7.95. The molecule has 0 radical (unpaired) electrons. The SMILES string of the molecule is CCNC[C@H]1C[C@H](C)S(=O)(=O)c2sc(S(N)(=O)=O)cc21. The zero-order valence-electron chi connectivity index (χ0n) is 11.3. The lowest BCUT2D eigenvalue weighted by Gasteiger charge is -2.27. The summed E-state index contributed by atoms with van der Waals surface area (Å²) in [6, 6.07) is 1.42. The Kier molecular flexibility index (Phi) is 4.27. The Labute approximate surface area is 123 Å². The van der Waals surface area contributed by atoms with Crippen LogP contribution in [0.15, 0.2) is 14.5 Å². The zero-order chi connectivity index (χ0) is 15.1. The number of hydrogen-bond acceptors (Lipinski definition) is 6. The topological polar surface area (TPSA) is 106 Å². The highest BCUT2D eigenvalue weighted by atomic mass is 32.3. The maximum atomic E-state index is 12.3. The first-order valence-electron chi connectivity index (χ1n) is 6.29. The molecule has 0 saturated heterocycles. The molecule has 1 aromatic heterocycles. The summed E-state index contributed by atoms with van der Waals surface area (Å²) in [5.74, 6) is -0.00442. The quantitative estimate of drug-likeness (QED) is 0.838. The maximum absolute atomic E-state index is 12.3. The molecule has 0 aliphatic carbocycles. The van der Waals surface area contributed by atoms with E-state index in [0.29, 0.717) is 18.5 Å². The summed E-state index contributed by atoms with van der Waals surface area (Å²) in [5.41, 5.74) is 0.582. The number of rotatable bonds is 4. The van der Waals surface area contributed by atoms with Crippen molar-refractivity contribution in [1.29, 1.82) is 0 Å². The van der Waals surface area contributed by atoms with E-state index in [1.165, 1.54) is 6.07 Å². The number of sulfonamides is 1. The van der Waals surface area contributed by atoms with Gasteiger partial charge in [-0.15, -0.1) is 11.3 Å². The predicted octanol–water partition coefficient (Wildman–Crippen LogP) is 0.654. The molecular weight excluding hydrogens is 320 g/mol. The van der Waals surface area contributed by atoms with Crippen molar-refractivity contribution in [2.24, 2.45) is 5.14 Å². The van der Waals surface area contributed by atoms with Crippen molar-refractivity contribution in [3.63, 3.8) is 0 Å². The van der Waals surface area contributed by atoms with E-state index in [1.54, 1.807) is 6.92 Å². The van der Waals surface area contributed by atoms with Crippen LogP contribution in [0.3, 0.4) is 0 Å². The van der Waals surface area contributed by atoms with Gasteiger partial charge in [0.2, 0.25) is 10.0 Å². The summed E-state index contributed by atoms with van der Waals surface area (Å²) in [7, 11) is -7.32. The number of nitrogens with one attached hydrogen (secondary N) is 1. The van der Waals surface area contributed by atoms with Crippen LogP contribution in [0.5, 0.6) is 0 Å². The van der Waals surface area contributed by atoms with Gasteiger partial charge in [0.15, 0.2) is 9.84 Å². The van der Waals surface area contributed by atoms with E-state index in [0.717, 1.165) is 17.9 Å². The van der Waals surface area contributed by atoms with Gasteiger partial charge in [-0.2, -0.15) is 0 Å². The van der Waals surface area contributed by atoms with Crippen molar-refractivity contribution in [2.45, 2.75) is 39.9 Å². The van der Waals surface area contributed by atoms with Gasteiger partial charge in [0.1, 0.15) is 8.42 Å². The lowest BCUT2D eigenvalue weighted by molar-refractivity contribution is 0.512. The minimum Gasteiger partial charge on any atom is -0.316 e. The molecular formula is C11H18N2O4S3. The molecule has 0 fully saturated rings. The highest BCUT2D eigenvalue weighted by Gasteiger charge is 2.39. The van der Waals surface area contributed by atoms with Crippen molar-refractivity contribution in [3.8, 4) is 0 Å². The molecule has 3 N–H and O–H groups in total. The fourth-order valence-corrected chi connectivity index (χ4v) is 6.87. The molecule has 2 rings (SSSR count). The van der Waals surface area contributed by atoms with E-state index in [9.17, 15) is 16.8 Å². The predicted molar refractivity (Wildman–Crippen MR) is 78.2 cm³/mol. The second-order valence-corrected chi connectivity index (χ2v) is 10.4. The van der Waals surface area contributed by atoms with Crippen LogP contribution in [0.25, 0.3) is 0 Å². The lowest BCUT2D eigenvalue weighted by atomic mass is 9.96. The van der Waals surface area contributed by atoms with Crippen LogP contribution in [0.2, 0.25) is 0 Å². The monoisotopic (exact) mass is 338 g/mol. The summed E-state index contributed by atoms with van der Waals surface area (Å²) in [5, 5.41) is 7.79. The molecule has 2 atom stereocenters. The van der Waals surface area contributed by atoms with E-state index < -0.39 is 25.1 Å². The molecule has 0 spiro atoms. The summed E-state index contributed by atoms with van der Waals surface area (Å²) >= 11 is 0.761. The van der Waals surface area contributed by atoms with Gasteiger partial charge in [0.05, 0.1) is 5.25 Å². The fourth-order valence-electron chi connectivity index (χ4n) is 2.36. The zero-order valence-corrected chi connectivity index (χ0v) is 13.7. The van der Waals surface area contributed by atoms with E-state index in [4.69, 9.17) is 5.14 Å². The number of sulfone groups is 1. The van der Waals surface area contributed by atoms with Gasteiger partial charge < -0.3 is 5.32 Å². The van der Waals surface area contributed by atoms with Crippen LogP contribution in [-0.4, -0.2) is 35.2 Å². The summed E-state index contributed by atoms with van der Waals surface area (Å²) in [6.45, 7) is 5.03. The second-order valence-electron chi connectivity index (χ2n) is 4.95. The Morgan fingerprint density at radius 2 is 2.15 bits per heavy atom. The smallest absolute Gasteiger partial charge is 0.247 e. The Hall–Kier alpha value is -0.480. The highest BCUT2D eigenvalue weighted by Crippen LogP contribution is 2.43. The van der Waals surface area contributed by atoms with Crippen LogP contribution in [-0.2, 0) is 19.9 Å². The molecule has 1 aliphatic heterocycles. The summed E-state index contributed by atoms with van der Waals surface area (Å²) < 4.78 is 47.6. The maximum Gasteiger partial charge on any atom is 0.247 e. The molecule has 6 nitrogen and oxygen atoms in total. The van der Waals surface area contributed by atoms with Gasteiger partial charge in [-0.1, -0.05) is 6.92 Å². The summed E-state index contributed by atoms with van der Waals surface area (Å²) in [6.07, 6.45) is 0.489. The Balaban J connectivity index is 2.56. The standard InChI is InChI=1S/C11H18N2O4S3/c1-3-13-6-8-4-7(2)19(14,15)11-9(8)5-10(18-11)20(12,16)17/h5,7-8,13H,3-4,6H2,1-2H3,(H2,12,16,17)/t7-,8+/m0/s1. The molecule has 9 heteroatoms. The average molecular weight is 338 g/mol. The number of fused-ring (bicyclic) bond motifs is 1. The number of nitrogens with two attached hydrogens (primary N) is 1. The molecule has 20 heavy (non-hydrogen) atoms. The van der Waals surface area contributed by atoms with Crippen LogP contribution in [0.4, 0.5) is 0 Å². The first kappa shape index (κ1) is 15.9. The average Bonchev–Trinajstić information content (AvgIpc) is 2.78. The molecule has 114 valence electrons. The third kappa shape index (κ3) is 2.77. The van der Waals surface area contributed by atoms with Crippen molar-refractivity contribution in [3.05, 3.63) is 11.6 Å². The lowest BCUT2D eigenvalue weighted by Crippen LogP contribution is -2.31. The van der Waals surface area contributed by atoms with E-state index in [-0.39, 0.29) is 14.3 Å². The number of primary sulfonamides is 1. The van der Waals surface area contributed by atoms with Crippen molar-refractivity contribution >= 4 is 31.2 Å². The molecule has 2 heterocycles. The van der Waals surface area contributed by atoms with E-state index in [2.05, 4.69) is 5.32 Å². The molecule has 1 aliphatic rings. The Morgan fingerprint density at radius 3 is 2.70 bits per heavy atom. The Morgan fingerprint density at radius 1 is 1.50 bits per heavy atom. The third-order valence-corrected chi connectivity index (χ3v) is 8.78. The molecule has 0 amide bonds. The van der Waals surface area contributed by atoms with Crippen LogP contribution >= 0.6 is 11.3 Å².